The first-order valence-corrected chi connectivity index (χ1v) is 7.04. The molecule has 21 heavy (non-hydrogen) atoms. The fourth-order valence-corrected chi connectivity index (χ4v) is 1.56. The molecule has 1 atom stereocenters. The lowest BCUT2D eigenvalue weighted by atomic mass is 9.82. The molecule has 0 saturated heterocycles. The van der Waals surface area contributed by atoms with Gasteiger partial charge in [0, 0.05) is 13.1 Å². The van der Waals surface area contributed by atoms with Crippen molar-refractivity contribution in [3.63, 3.8) is 0 Å². The lowest BCUT2D eigenvalue weighted by Crippen LogP contribution is -2.39. The molecule has 5 nitrogen and oxygen atoms in total. The standard InChI is InChI=1S/C16H24N2O3/c1-11(16(2,3)4)9-17-15(21)18-10-12-5-7-13(8-6-12)14(19)20/h5-8,11H,9-10H2,1-4H3,(H,19,20)(H2,17,18,21). The summed E-state index contributed by atoms with van der Waals surface area (Å²) in [6.45, 7) is 9.51. The maximum absolute atomic E-state index is 11.7. The number of carbonyl (C=O) groups excluding carboxylic acids is 1. The molecule has 0 aromatic heterocycles. The number of urea groups is 1. The highest BCUT2D eigenvalue weighted by Crippen LogP contribution is 2.24. The van der Waals surface area contributed by atoms with Crippen molar-refractivity contribution in [2.75, 3.05) is 6.54 Å². The van der Waals surface area contributed by atoms with Gasteiger partial charge in [-0.3, -0.25) is 0 Å². The Bertz CT molecular complexity index is 489. The molecule has 0 saturated carbocycles. The van der Waals surface area contributed by atoms with Gasteiger partial charge in [-0.15, -0.1) is 0 Å². The molecule has 5 heteroatoms. The number of hydrogen-bond donors (Lipinski definition) is 3. The normalized spacial score (nSPS) is 12.6. The van der Waals surface area contributed by atoms with E-state index in [2.05, 4.69) is 38.3 Å². The van der Waals surface area contributed by atoms with E-state index in [9.17, 15) is 9.59 Å². The Morgan fingerprint density at radius 3 is 2.19 bits per heavy atom. The van der Waals surface area contributed by atoms with Crippen LogP contribution >= 0.6 is 0 Å². The lowest BCUT2D eigenvalue weighted by Gasteiger charge is -2.27. The molecule has 3 N–H and O–H groups in total. The number of carboxylic acids is 1. The topological polar surface area (TPSA) is 78.4 Å². The average Bonchev–Trinajstić information content (AvgIpc) is 2.41. The number of hydrogen-bond acceptors (Lipinski definition) is 2. The number of benzene rings is 1. The van der Waals surface area contributed by atoms with E-state index in [1.54, 1.807) is 12.1 Å². The molecule has 0 bridgehead atoms. The molecule has 1 aromatic carbocycles. The highest BCUT2D eigenvalue weighted by atomic mass is 16.4. The number of amides is 2. The minimum Gasteiger partial charge on any atom is -0.478 e. The maximum atomic E-state index is 11.7. The van der Waals surface area contributed by atoms with Crippen LogP contribution in [0, 0.1) is 11.3 Å². The highest BCUT2D eigenvalue weighted by molar-refractivity contribution is 5.87. The highest BCUT2D eigenvalue weighted by Gasteiger charge is 2.20. The summed E-state index contributed by atoms with van der Waals surface area (Å²) in [4.78, 5) is 22.4. The third-order valence-electron chi connectivity index (χ3n) is 3.70. The molecule has 0 aliphatic carbocycles. The third-order valence-corrected chi connectivity index (χ3v) is 3.70. The lowest BCUT2D eigenvalue weighted by molar-refractivity contribution is 0.0697. The fraction of sp³-hybridized carbons (Fsp3) is 0.500. The van der Waals surface area contributed by atoms with E-state index in [1.165, 1.54) is 12.1 Å². The Morgan fingerprint density at radius 2 is 1.71 bits per heavy atom. The minimum atomic E-state index is -0.955. The van der Waals surface area contributed by atoms with Crippen LogP contribution in [0.15, 0.2) is 24.3 Å². The summed E-state index contributed by atoms with van der Waals surface area (Å²) in [6.07, 6.45) is 0. The molecule has 0 aliphatic rings. The van der Waals surface area contributed by atoms with Gasteiger partial charge < -0.3 is 15.7 Å². The van der Waals surface area contributed by atoms with E-state index in [-0.39, 0.29) is 17.0 Å². The van der Waals surface area contributed by atoms with Gasteiger partial charge in [-0.2, -0.15) is 0 Å². The van der Waals surface area contributed by atoms with Gasteiger partial charge in [0.15, 0.2) is 0 Å². The smallest absolute Gasteiger partial charge is 0.335 e. The first kappa shape index (κ1) is 17.0. The summed E-state index contributed by atoms with van der Waals surface area (Å²) >= 11 is 0. The Balaban J connectivity index is 2.38. The molecular formula is C16H24N2O3. The molecule has 0 aliphatic heterocycles. The van der Waals surface area contributed by atoms with Crippen molar-refractivity contribution in [3.05, 3.63) is 35.4 Å². The SMILES string of the molecule is CC(CNC(=O)NCc1ccc(C(=O)O)cc1)C(C)(C)C. The number of rotatable bonds is 5. The van der Waals surface area contributed by atoms with E-state index in [0.29, 0.717) is 19.0 Å². The molecule has 0 fully saturated rings. The second-order valence-corrected chi connectivity index (χ2v) is 6.33. The largest absolute Gasteiger partial charge is 0.478 e. The van der Waals surface area contributed by atoms with Crippen molar-refractivity contribution in [1.82, 2.24) is 10.6 Å². The van der Waals surface area contributed by atoms with E-state index in [4.69, 9.17) is 5.11 Å². The first-order valence-electron chi connectivity index (χ1n) is 7.04. The zero-order valence-corrected chi connectivity index (χ0v) is 13.1. The van der Waals surface area contributed by atoms with E-state index < -0.39 is 5.97 Å². The minimum absolute atomic E-state index is 0.153. The van der Waals surface area contributed by atoms with Crippen molar-refractivity contribution < 1.29 is 14.7 Å². The Labute approximate surface area is 125 Å². The second-order valence-electron chi connectivity index (χ2n) is 6.33. The van der Waals surface area contributed by atoms with Gasteiger partial charge >= 0.3 is 12.0 Å². The van der Waals surface area contributed by atoms with Crippen LogP contribution in [0.2, 0.25) is 0 Å². The fourth-order valence-electron chi connectivity index (χ4n) is 1.56. The zero-order chi connectivity index (χ0) is 16.0. The van der Waals surface area contributed by atoms with E-state index >= 15 is 0 Å². The van der Waals surface area contributed by atoms with Crippen molar-refractivity contribution in [1.29, 1.82) is 0 Å². The number of aromatic carboxylic acids is 1. The molecule has 0 radical (unpaired) electrons. The number of nitrogens with one attached hydrogen (secondary N) is 2. The van der Waals surface area contributed by atoms with Crippen molar-refractivity contribution >= 4 is 12.0 Å². The number of carbonyl (C=O) groups is 2. The van der Waals surface area contributed by atoms with Crippen LogP contribution < -0.4 is 10.6 Å². The molecule has 2 amide bonds. The summed E-state index contributed by atoms with van der Waals surface area (Å²) in [6, 6.07) is 6.23. The Hall–Kier alpha value is -2.04. The van der Waals surface area contributed by atoms with Crippen LogP contribution in [0.5, 0.6) is 0 Å². The van der Waals surface area contributed by atoms with Gasteiger partial charge in [0.2, 0.25) is 0 Å². The molecule has 116 valence electrons. The van der Waals surface area contributed by atoms with Gasteiger partial charge in [-0.05, 0) is 29.0 Å². The predicted molar refractivity (Wildman–Crippen MR) is 82.3 cm³/mol. The summed E-state index contributed by atoms with van der Waals surface area (Å²) < 4.78 is 0. The third kappa shape index (κ3) is 5.85. The molecule has 0 heterocycles. The van der Waals surface area contributed by atoms with Crippen LogP contribution in [0.25, 0.3) is 0 Å². The monoisotopic (exact) mass is 292 g/mol. The summed E-state index contributed by atoms with van der Waals surface area (Å²) in [5, 5.41) is 14.4. The molecule has 1 aromatic rings. The summed E-state index contributed by atoms with van der Waals surface area (Å²) in [5.74, 6) is -0.582. The van der Waals surface area contributed by atoms with Crippen LogP contribution in [0.4, 0.5) is 4.79 Å². The van der Waals surface area contributed by atoms with Gasteiger partial charge in [0.25, 0.3) is 0 Å². The number of carboxylic acid groups (broad SMARTS) is 1. The van der Waals surface area contributed by atoms with Gasteiger partial charge in [0.05, 0.1) is 5.56 Å². The van der Waals surface area contributed by atoms with Crippen LogP contribution in [-0.2, 0) is 6.54 Å². The Morgan fingerprint density at radius 1 is 1.14 bits per heavy atom. The zero-order valence-electron chi connectivity index (χ0n) is 13.1. The first-order chi connectivity index (χ1) is 9.70. The molecule has 0 spiro atoms. The van der Waals surface area contributed by atoms with Gasteiger partial charge in [-0.25, -0.2) is 9.59 Å². The van der Waals surface area contributed by atoms with Gasteiger partial charge in [0.1, 0.15) is 0 Å². The van der Waals surface area contributed by atoms with Gasteiger partial charge in [-0.1, -0.05) is 39.8 Å². The Kier molecular flexibility index (Phi) is 5.76. The van der Waals surface area contributed by atoms with Crippen molar-refractivity contribution in [2.45, 2.75) is 34.2 Å². The van der Waals surface area contributed by atoms with Crippen LogP contribution in [0.1, 0.15) is 43.6 Å². The second kappa shape index (κ2) is 7.11. The van der Waals surface area contributed by atoms with Crippen molar-refractivity contribution in [3.8, 4) is 0 Å². The molecule has 1 unspecified atom stereocenters. The quantitative estimate of drug-likeness (QED) is 0.781. The predicted octanol–water partition coefficient (Wildman–Crippen LogP) is 2.87. The van der Waals surface area contributed by atoms with E-state index in [1.807, 2.05) is 0 Å². The average molecular weight is 292 g/mol. The summed E-state index contributed by atoms with van der Waals surface area (Å²) in [7, 11) is 0. The van der Waals surface area contributed by atoms with E-state index in [0.717, 1.165) is 5.56 Å². The molecular weight excluding hydrogens is 268 g/mol. The molecule has 1 rings (SSSR count). The summed E-state index contributed by atoms with van der Waals surface area (Å²) in [5.41, 5.74) is 1.25. The maximum Gasteiger partial charge on any atom is 0.335 e. The van der Waals surface area contributed by atoms with Crippen LogP contribution in [-0.4, -0.2) is 23.7 Å². The van der Waals surface area contributed by atoms with Crippen molar-refractivity contribution in [2.24, 2.45) is 11.3 Å². The van der Waals surface area contributed by atoms with Crippen LogP contribution in [0.3, 0.4) is 0 Å².